The minimum atomic E-state index is -0.192. The molecule has 118 valence electrons. The number of nitrogens with zero attached hydrogens (tertiary/aromatic N) is 2. The fourth-order valence-electron chi connectivity index (χ4n) is 2.67. The van der Waals surface area contributed by atoms with Crippen LogP contribution in [0.4, 0.5) is 0 Å². The van der Waals surface area contributed by atoms with E-state index in [2.05, 4.69) is 10.1 Å². The molecule has 4 aromatic rings. The number of benzene rings is 2. The van der Waals surface area contributed by atoms with Gasteiger partial charge in [-0.15, -0.1) is 0 Å². The van der Waals surface area contributed by atoms with E-state index in [0.717, 1.165) is 22.0 Å². The lowest BCUT2D eigenvalue weighted by Gasteiger charge is -2.09. The van der Waals surface area contributed by atoms with Gasteiger partial charge in [-0.3, -0.25) is 9.48 Å². The molecular formula is C19H15N3O2. The Hall–Kier alpha value is -3.34. The quantitative estimate of drug-likeness (QED) is 0.626. The van der Waals surface area contributed by atoms with Gasteiger partial charge in [-0.25, -0.2) is 0 Å². The third-order valence-corrected chi connectivity index (χ3v) is 3.81. The van der Waals surface area contributed by atoms with Gasteiger partial charge in [0.1, 0.15) is 11.5 Å². The highest BCUT2D eigenvalue weighted by Crippen LogP contribution is 2.31. The summed E-state index contributed by atoms with van der Waals surface area (Å²) in [7, 11) is 1.88. The molecule has 24 heavy (non-hydrogen) atoms. The van der Waals surface area contributed by atoms with Crippen LogP contribution in [0.25, 0.3) is 22.0 Å². The molecule has 0 radical (unpaired) electrons. The SMILES string of the molecule is Cn1cc(-c2ccc3[nH]c(=O)cc(Oc4ccccc4)c3c2)cn1. The highest BCUT2D eigenvalue weighted by Gasteiger charge is 2.09. The summed E-state index contributed by atoms with van der Waals surface area (Å²) in [5.74, 6) is 1.22. The summed E-state index contributed by atoms with van der Waals surface area (Å²) >= 11 is 0. The molecule has 0 amide bonds. The van der Waals surface area contributed by atoms with Gasteiger partial charge in [-0.1, -0.05) is 24.3 Å². The van der Waals surface area contributed by atoms with Crippen molar-refractivity contribution in [3.63, 3.8) is 0 Å². The van der Waals surface area contributed by atoms with Crippen molar-refractivity contribution in [3.8, 4) is 22.6 Å². The van der Waals surface area contributed by atoms with E-state index in [1.165, 1.54) is 6.07 Å². The van der Waals surface area contributed by atoms with E-state index in [1.54, 1.807) is 4.68 Å². The van der Waals surface area contributed by atoms with Crippen LogP contribution in [-0.2, 0) is 7.05 Å². The Morgan fingerprint density at radius 1 is 1.04 bits per heavy atom. The number of ether oxygens (including phenoxy) is 1. The first-order valence-electron chi connectivity index (χ1n) is 7.58. The van der Waals surface area contributed by atoms with Crippen LogP contribution in [0.2, 0.25) is 0 Å². The largest absolute Gasteiger partial charge is 0.456 e. The van der Waals surface area contributed by atoms with Crippen molar-refractivity contribution in [2.75, 3.05) is 0 Å². The molecule has 4 rings (SSSR count). The maximum atomic E-state index is 11.9. The Labute approximate surface area is 138 Å². The Morgan fingerprint density at radius 2 is 1.88 bits per heavy atom. The number of aryl methyl sites for hydroxylation is 1. The average Bonchev–Trinajstić information content (AvgIpc) is 3.02. The average molecular weight is 317 g/mol. The topological polar surface area (TPSA) is 59.9 Å². The Bertz CT molecular complexity index is 1060. The summed E-state index contributed by atoms with van der Waals surface area (Å²) in [6.45, 7) is 0. The minimum absolute atomic E-state index is 0.192. The number of nitrogens with one attached hydrogen (secondary N) is 1. The first-order chi connectivity index (χ1) is 11.7. The molecule has 0 fully saturated rings. The van der Waals surface area contributed by atoms with E-state index in [9.17, 15) is 4.79 Å². The van der Waals surface area contributed by atoms with Crippen LogP contribution < -0.4 is 10.3 Å². The highest BCUT2D eigenvalue weighted by atomic mass is 16.5. The van der Waals surface area contributed by atoms with Gasteiger partial charge in [0.15, 0.2) is 0 Å². The maximum Gasteiger partial charge on any atom is 0.252 e. The molecule has 1 N–H and O–H groups in total. The van der Waals surface area contributed by atoms with Gasteiger partial charge in [0.25, 0.3) is 5.56 Å². The zero-order valence-corrected chi connectivity index (χ0v) is 13.1. The van der Waals surface area contributed by atoms with Crippen LogP contribution in [0.1, 0.15) is 0 Å². The summed E-state index contributed by atoms with van der Waals surface area (Å²) in [6, 6.07) is 16.7. The lowest BCUT2D eigenvalue weighted by atomic mass is 10.1. The lowest BCUT2D eigenvalue weighted by molar-refractivity contribution is 0.487. The van der Waals surface area contributed by atoms with E-state index >= 15 is 0 Å². The van der Waals surface area contributed by atoms with Gasteiger partial charge in [0.2, 0.25) is 0 Å². The molecule has 0 unspecified atom stereocenters. The Kier molecular flexibility index (Phi) is 3.39. The molecule has 0 aliphatic rings. The molecule has 0 atom stereocenters. The summed E-state index contributed by atoms with van der Waals surface area (Å²) < 4.78 is 7.69. The summed E-state index contributed by atoms with van der Waals surface area (Å²) in [4.78, 5) is 14.7. The van der Waals surface area contributed by atoms with E-state index in [4.69, 9.17) is 4.74 Å². The maximum absolute atomic E-state index is 11.9. The number of H-pyrrole nitrogens is 1. The molecule has 0 saturated carbocycles. The lowest BCUT2D eigenvalue weighted by Crippen LogP contribution is -2.04. The molecule has 0 bridgehead atoms. The van der Waals surface area contributed by atoms with Gasteiger partial charge in [0, 0.05) is 30.3 Å². The van der Waals surface area contributed by atoms with Crippen LogP contribution in [0.3, 0.4) is 0 Å². The van der Waals surface area contributed by atoms with Crippen molar-refractivity contribution in [1.29, 1.82) is 0 Å². The monoisotopic (exact) mass is 317 g/mol. The minimum Gasteiger partial charge on any atom is -0.456 e. The van der Waals surface area contributed by atoms with Crippen LogP contribution in [-0.4, -0.2) is 14.8 Å². The predicted octanol–water partition coefficient (Wildman–Crippen LogP) is 3.72. The van der Waals surface area contributed by atoms with E-state index in [1.807, 2.05) is 68.0 Å². The zero-order chi connectivity index (χ0) is 16.5. The van der Waals surface area contributed by atoms with Gasteiger partial charge in [-0.2, -0.15) is 5.10 Å². The number of hydrogen-bond donors (Lipinski definition) is 1. The second-order valence-electron chi connectivity index (χ2n) is 5.58. The first kappa shape index (κ1) is 14.3. The molecule has 0 spiro atoms. The number of para-hydroxylation sites is 1. The second-order valence-corrected chi connectivity index (χ2v) is 5.58. The highest BCUT2D eigenvalue weighted by molar-refractivity contribution is 5.89. The number of hydrogen-bond acceptors (Lipinski definition) is 3. The van der Waals surface area contributed by atoms with Crippen molar-refractivity contribution in [2.45, 2.75) is 0 Å². The molecule has 0 aliphatic carbocycles. The molecule has 0 aliphatic heterocycles. The van der Waals surface area contributed by atoms with Crippen molar-refractivity contribution < 1.29 is 4.74 Å². The molecule has 2 heterocycles. The van der Waals surface area contributed by atoms with Gasteiger partial charge in [-0.05, 0) is 29.8 Å². The van der Waals surface area contributed by atoms with Crippen LogP contribution in [0.5, 0.6) is 11.5 Å². The molecule has 5 heteroatoms. The number of aromatic nitrogens is 3. The molecule has 2 aromatic carbocycles. The van der Waals surface area contributed by atoms with E-state index in [0.29, 0.717) is 11.5 Å². The summed E-state index contributed by atoms with van der Waals surface area (Å²) in [6.07, 6.45) is 3.76. The molecule has 5 nitrogen and oxygen atoms in total. The normalized spacial score (nSPS) is 10.9. The van der Waals surface area contributed by atoms with Gasteiger partial charge >= 0.3 is 0 Å². The molecule has 0 saturated heterocycles. The molecular weight excluding hydrogens is 302 g/mol. The molecule has 2 aromatic heterocycles. The van der Waals surface area contributed by atoms with Gasteiger partial charge < -0.3 is 9.72 Å². The fourth-order valence-corrected chi connectivity index (χ4v) is 2.67. The Balaban J connectivity index is 1.86. The third-order valence-electron chi connectivity index (χ3n) is 3.81. The summed E-state index contributed by atoms with van der Waals surface area (Å²) in [5.41, 5.74) is 2.57. The van der Waals surface area contributed by atoms with Crippen molar-refractivity contribution in [3.05, 3.63) is 77.3 Å². The van der Waals surface area contributed by atoms with Crippen LogP contribution in [0, 0.1) is 0 Å². The predicted molar refractivity (Wildman–Crippen MR) is 93.3 cm³/mol. The zero-order valence-electron chi connectivity index (χ0n) is 13.1. The third kappa shape index (κ3) is 2.67. The van der Waals surface area contributed by atoms with Crippen LogP contribution in [0.15, 0.2) is 71.8 Å². The number of rotatable bonds is 3. The standard InChI is InChI=1S/C19H15N3O2/c1-22-12-14(11-20-22)13-7-8-17-16(9-13)18(10-19(23)21-17)24-15-5-3-2-4-6-15/h2-12H,1H3,(H,21,23). The van der Waals surface area contributed by atoms with E-state index in [-0.39, 0.29) is 5.56 Å². The van der Waals surface area contributed by atoms with Crippen molar-refractivity contribution >= 4 is 10.9 Å². The fraction of sp³-hybridized carbons (Fsp3) is 0.0526. The van der Waals surface area contributed by atoms with Crippen molar-refractivity contribution in [1.82, 2.24) is 14.8 Å². The number of pyridine rings is 1. The number of aromatic amines is 1. The van der Waals surface area contributed by atoms with Crippen molar-refractivity contribution in [2.24, 2.45) is 7.05 Å². The summed E-state index contributed by atoms with van der Waals surface area (Å²) in [5, 5.41) is 5.05. The van der Waals surface area contributed by atoms with Crippen LogP contribution >= 0.6 is 0 Å². The smallest absolute Gasteiger partial charge is 0.252 e. The Morgan fingerprint density at radius 3 is 2.62 bits per heavy atom. The first-order valence-corrected chi connectivity index (χ1v) is 7.58. The number of fused-ring (bicyclic) bond motifs is 1. The van der Waals surface area contributed by atoms with E-state index < -0.39 is 0 Å². The second kappa shape index (κ2) is 5.70. The van der Waals surface area contributed by atoms with Gasteiger partial charge in [0.05, 0.1) is 11.7 Å².